The van der Waals surface area contributed by atoms with Gasteiger partial charge in [0, 0.05) is 17.9 Å². The van der Waals surface area contributed by atoms with Crippen LogP contribution in [0.3, 0.4) is 0 Å². The first-order chi connectivity index (χ1) is 14.2. The monoisotopic (exact) mass is 386 g/mol. The summed E-state index contributed by atoms with van der Waals surface area (Å²) < 4.78 is 0. The van der Waals surface area contributed by atoms with E-state index in [4.69, 9.17) is 10.4 Å². The molecule has 0 radical (unpaired) electrons. The van der Waals surface area contributed by atoms with Crippen LogP contribution in [0.15, 0.2) is 48.0 Å². The highest BCUT2D eigenvalue weighted by atomic mass is 16.4. The maximum atomic E-state index is 11.1. The fourth-order valence-corrected chi connectivity index (χ4v) is 4.65. The van der Waals surface area contributed by atoms with Crippen LogP contribution >= 0.6 is 0 Å². The van der Waals surface area contributed by atoms with Crippen LogP contribution < -0.4 is 4.90 Å². The molecule has 0 spiro atoms. The Morgan fingerprint density at radius 3 is 2.52 bits per heavy atom. The number of carboxylic acids is 1. The van der Waals surface area contributed by atoms with Crippen molar-refractivity contribution in [3.8, 4) is 6.07 Å². The van der Waals surface area contributed by atoms with Crippen LogP contribution in [0.25, 0.3) is 6.08 Å². The predicted molar refractivity (Wildman–Crippen MR) is 115 cm³/mol. The Balaban J connectivity index is 1.58. The summed E-state index contributed by atoms with van der Waals surface area (Å²) in [6.07, 6.45) is 10.1. The number of aliphatic carboxylic acids is 1. The Bertz CT molecular complexity index is 963. The summed E-state index contributed by atoms with van der Waals surface area (Å²) in [5.74, 6) is -0.478. The summed E-state index contributed by atoms with van der Waals surface area (Å²) in [4.78, 5) is 13.5. The molecule has 1 aliphatic heterocycles. The first-order valence-electron chi connectivity index (χ1n) is 10.5. The molecular formula is C25H26N2O2. The summed E-state index contributed by atoms with van der Waals surface area (Å²) in [6, 6.07) is 16.8. The molecule has 1 saturated carbocycles. The summed E-state index contributed by atoms with van der Waals surface area (Å²) in [6.45, 7) is 0.976. The molecule has 0 unspecified atom stereocenters. The minimum atomic E-state index is -1.19. The number of carboxylic acid groups (broad SMARTS) is 1. The Kier molecular flexibility index (Phi) is 5.67. The van der Waals surface area contributed by atoms with E-state index in [1.54, 1.807) is 6.07 Å². The van der Waals surface area contributed by atoms with Crippen LogP contribution in [0.2, 0.25) is 0 Å². The van der Waals surface area contributed by atoms with E-state index in [0.29, 0.717) is 5.92 Å². The first-order valence-corrected chi connectivity index (χ1v) is 10.5. The SMILES string of the molecule is N#C/C(=C\c1ccc2c(c1)CCCN2c1ccc(C2CCCCC2)cc1)C(=O)O. The molecule has 1 heterocycles. The number of carbonyl (C=O) groups is 1. The van der Waals surface area contributed by atoms with Crippen molar-refractivity contribution in [2.24, 2.45) is 0 Å². The fourth-order valence-electron chi connectivity index (χ4n) is 4.65. The average Bonchev–Trinajstić information content (AvgIpc) is 2.77. The maximum Gasteiger partial charge on any atom is 0.346 e. The van der Waals surface area contributed by atoms with Crippen molar-refractivity contribution in [1.82, 2.24) is 0 Å². The molecule has 0 bridgehead atoms. The van der Waals surface area contributed by atoms with Crippen molar-refractivity contribution >= 4 is 23.4 Å². The van der Waals surface area contributed by atoms with Crippen molar-refractivity contribution in [1.29, 1.82) is 5.26 Å². The van der Waals surface area contributed by atoms with Crippen LogP contribution in [0.4, 0.5) is 11.4 Å². The Morgan fingerprint density at radius 1 is 1.07 bits per heavy atom. The first kappa shape index (κ1) is 19.3. The molecule has 1 N–H and O–H groups in total. The Labute approximate surface area is 172 Å². The number of rotatable bonds is 4. The second kappa shape index (κ2) is 8.53. The molecule has 0 amide bonds. The van der Waals surface area contributed by atoms with Crippen molar-refractivity contribution in [2.45, 2.75) is 50.9 Å². The normalized spacial score (nSPS) is 17.5. The van der Waals surface area contributed by atoms with Gasteiger partial charge in [0.2, 0.25) is 0 Å². The lowest BCUT2D eigenvalue weighted by Gasteiger charge is -2.32. The van der Waals surface area contributed by atoms with Gasteiger partial charge in [-0.15, -0.1) is 0 Å². The fraction of sp³-hybridized carbons (Fsp3) is 0.360. The summed E-state index contributed by atoms with van der Waals surface area (Å²) >= 11 is 0. The van der Waals surface area contributed by atoms with Crippen LogP contribution in [-0.2, 0) is 11.2 Å². The summed E-state index contributed by atoms with van der Waals surface area (Å²) in [7, 11) is 0. The molecule has 0 aromatic heterocycles. The highest BCUT2D eigenvalue weighted by Crippen LogP contribution is 2.37. The maximum absolute atomic E-state index is 11.1. The molecule has 4 heteroatoms. The quantitative estimate of drug-likeness (QED) is 0.532. The van der Waals surface area contributed by atoms with Crippen molar-refractivity contribution in [3.63, 3.8) is 0 Å². The number of nitrogens with zero attached hydrogens (tertiary/aromatic N) is 2. The molecule has 4 rings (SSSR count). The van der Waals surface area contributed by atoms with E-state index < -0.39 is 5.97 Å². The van der Waals surface area contributed by atoms with E-state index >= 15 is 0 Å². The minimum Gasteiger partial charge on any atom is -0.477 e. The summed E-state index contributed by atoms with van der Waals surface area (Å²) in [5, 5.41) is 18.1. The van der Waals surface area contributed by atoms with E-state index in [-0.39, 0.29) is 5.57 Å². The van der Waals surface area contributed by atoms with Gasteiger partial charge in [-0.3, -0.25) is 0 Å². The lowest BCUT2D eigenvalue weighted by molar-refractivity contribution is -0.132. The lowest BCUT2D eigenvalue weighted by Crippen LogP contribution is -2.24. The largest absolute Gasteiger partial charge is 0.477 e. The van der Waals surface area contributed by atoms with Gasteiger partial charge in [0.1, 0.15) is 11.6 Å². The highest BCUT2D eigenvalue weighted by Gasteiger charge is 2.20. The number of aryl methyl sites for hydroxylation is 1. The van der Waals surface area contributed by atoms with Gasteiger partial charge < -0.3 is 10.0 Å². The molecule has 2 aromatic rings. The third-order valence-corrected chi connectivity index (χ3v) is 6.17. The van der Waals surface area contributed by atoms with E-state index in [0.717, 1.165) is 24.9 Å². The molecule has 2 aliphatic rings. The van der Waals surface area contributed by atoms with E-state index in [9.17, 15) is 4.79 Å². The van der Waals surface area contributed by atoms with E-state index in [2.05, 4.69) is 29.2 Å². The number of anilines is 2. The van der Waals surface area contributed by atoms with Crippen molar-refractivity contribution < 1.29 is 9.90 Å². The van der Waals surface area contributed by atoms with E-state index in [1.807, 2.05) is 18.2 Å². The molecule has 1 fully saturated rings. The van der Waals surface area contributed by atoms with Crippen molar-refractivity contribution in [3.05, 3.63) is 64.7 Å². The smallest absolute Gasteiger partial charge is 0.346 e. The second-order valence-electron chi connectivity index (χ2n) is 8.04. The molecule has 0 atom stereocenters. The van der Waals surface area contributed by atoms with Crippen LogP contribution in [0, 0.1) is 11.3 Å². The van der Waals surface area contributed by atoms with Gasteiger partial charge in [-0.05, 0) is 78.6 Å². The zero-order valence-electron chi connectivity index (χ0n) is 16.6. The van der Waals surface area contributed by atoms with Gasteiger partial charge in [0.05, 0.1) is 0 Å². The standard InChI is InChI=1S/C25H26N2O2/c26-17-22(25(28)29)16-18-8-13-24-21(15-18)7-4-14-27(24)23-11-9-20(10-12-23)19-5-2-1-3-6-19/h8-13,15-16,19H,1-7,14H2,(H,28,29)/b22-16+. The summed E-state index contributed by atoms with van der Waals surface area (Å²) in [5.41, 5.74) is 5.56. The van der Waals surface area contributed by atoms with Crippen LogP contribution in [0.5, 0.6) is 0 Å². The molecule has 29 heavy (non-hydrogen) atoms. The molecule has 1 aliphatic carbocycles. The third-order valence-electron chi connectivity index (χ3n) is 6.17. The second-order valence-corrected chi connectivity index (χ2v) is 8.04. The van der Waals surface area contributed by atoms with Gasteiger partial charge in [-0.25, -0.2) is 4.79 Å². The zero-order valence-corrected chi connectivity index (χ0v) is 16.6. The number of hydrogen-bond acceptors (Lipinski definition) is 3. The Morgan fingerprint density at radius 2 is 1.83 bits per heavy atom. The number of benzene rings is 2. The van der Waals surface area contributed by atoms with Crippen molar-refractivity contribution in [2.75, 3.05) is 11.4 Å². The predicted octanol–water partition coefficient (Wildman–Crippen LogP) is 5.81. The van der Waals surface area contributed by atoms with Gasteiger partial charge in [-0.2, -0.15) is 5.26 Å². The van der Waals surface area contributed by atoms with Crippen LogP contribution in [-0.4, -0.2) is 17.6 Å². The van der Waals surface area contributed by atoms with E-state index in [1.165, 1.54) is 60.7 Å². The molecule has 2 aromatic carbocycles. The van der Waals surface area contributed by atoms with Gasteiger partial charge >= 0.3 is 5.97 Å². The topological polar surface area (TPSA) is 64.3 Å². The molecule has 0 saturated heterocycles. The minimum absolute atomic E-state index is 0.240. The van der Waals surface area contributed by atoms with Gasteiger partial charge in [0.25, 0.3) is 0 Å². The third kappa shape index (κ3) is 4.19. The van der Waals surface area contributed by atoms with Crippen LogP contribution in [0.1, 0.15) is 61.1 Å². The van der Waals surface area contributed by atoms with Gasteiger partial charge in [-0.1, -0.05) is 37.5 Å². The highest BCUT2D eigenvalue weighted by molar-refractivity contribution is 5.96. The number of nitriles is 1. The molecular weight excluding hydrogens is 360 g/mol. The number of fused-ring (bicyclic) bond motifs is 1. The van der Waals surface area contributed by atoms with Gasteiger partial charge in [0.15, 0.2) is 0 Å². The Hall–Kier alpha value is -3.06. The number of hydrogen-bond donors (Lipinski definition) is 1. The molecule has 4 nitrogen and oxygen atoms in total. The zero-order chi connectivity index (χ0) is 20.2. The average molecular weight is 386 g/mol. The lowest BCUT2D eigenvalue weighted by atomic mass is 9.84. The molecule has 148 valence electrons.